The van der Waals surface area contributed by atoms with Crippen LogP contribution in [0.3, 0.4) is 0 Å². The summed E-state index contributed by atoms with van der Waals surface area (Å²) in [6.45, 7) is 4.06. The number of likely N-dealkylation sites (N-methyl/N-ethyl adjacent to an activating group) is 1. The van der Waals surface area contributed by atoms with Crippen molar-refractivity contribution in [2.75, 3.05) is 40.4 Å². The third-order valence-electron chi connectivity index (χ3n) is 5.64. The van der Waals surface area contributed by atoms with E-state index in [1.807, 2.05) is 36.2 Å². The molecule has 0 bridgehead atoms. The summed E-state index contributed by atoms with van der Waals surface area (Å²) in [7, 11) is 3.45. The van der Waals surface area contributed by atoms with Crippen LogP contribution < -0.4 is 10.1 Å². The Balaban J connectivity index is 1.56. The van der Waals surface area contributed by atoms with Gasteiger partial charge in [-0.15, -0.1) is 0 Å². The van der Waals surface area contributed by atoms with E-state index in [0.717, 1.165) is 30.6 Å². The lowest BCUT2D eigenvalue weighted by Gasteiger charge is -2.46. The molecule has 2 aliphatic rings. The van der Waals surface area contributed by atoms with E-state index in [4.69, 9.17) is 9.47 Å². The van der Waals surface area contributed by atoms with E-state index in [0.29, 0.717) is 19.6 Å². The van der Waals surface area contributed by atoms with Crippen molar-refractivity contribution in [3.05, 3.63) is 29.8 Å². The lowest BCUT2D eigenvalue weighted by molar-refractivity contribution is -0.167. The van der Waals surface area contributed by atoms with E-state index in [-0.39, 0.29) is 30.2 Å². The summed E-state index contributed by atoms with van der Waals surface area (Å²) in [4.78, 5) is 28.0. The van der Waals surface area contributed by atoms with Gasteiger partial charge in [-0.25, -0.2) is 4.79 Å². The molecular formula is C20H29N3O4. The maximum absolute atomic E-state index is 12.7. The lowest BCUT2D eigenvalue weighted by atomic mass is 9.89. The number of carbonyl (C=O) groups excluding carboxylic acids is 2. The van der Waals surface area contributed by atoms with Crippen molar-refractivity contribution >= 4 is 11.9 Å². The Bertz CT molecular complexity index is 668. The summed E-state index contributed by atoms with van der Waals surface area (Å²) < 4.78 is 11.0. The number of morpholine rings is 1. The molecule has 7 nitrogen and oxygen atoms in total. The quantitative estimate of drug-likeness (QED) is 0.876. The second kappa shape index (κ2) is 8.17. The molecule has 148 valence electrons. The highest BCUT2D eigenvalue weighted by Gasteiger charge is 2.42. The minimum atomic E-state index is -0.306. The Morgan fingerprint density at radius 2 is 1.96 bits per heavy atom. The number of hydrogen-bond donors (Lipinski definition) is 1. The number of ether oxygens (including phenoxy) is 2. The van der Waals surface area contributed by atoms with E-state index in [9.17, 15) is 9.59 Å². The monoisotopic (exact) mass is 375 g/mol. The first-order chi connectivity index (χ1) is 13.0. The van der Waals surface area contributed by atoms with Crippen molar-refractivity contribution in [3.63, 3.8) is 0 Å². The smallest absolute Gasteiger partial charge is 0.317 e. The van der Waals surface area contributed by atoms with Crippen molar-refractivity contribution in [3.8, 4) is 5.75 Å². The van der Waals surface area contributed by atoms with Crippen LogP contribution in [0, 0.1) is 0 Å². The second-order valence-electron chi connectivity index (χ2n) is 7.39. The van der Waals surface area contributed by atoms with Gasteiger partial charge in [-0.05, 0) is 37.0 Å². The summed E-state index contributed by atoms with van der Waals surface area (Å²) in [6, 6.07) is 7.71. The van der Waals surface area contributed by atoms with Gasteiger partial charge in [-0.2, -0.15) is 0 Å². The molecule has 2 heterocycles. The van der Waals surface area contributed by atoms with Gasteiger partial charge in [-0.3, -0.25) is 4.79 Å². The first-order valence-electron chi connectivity index (χ1n) is 9.53. The summed E-state index contributed by atoms with van der Waals surface area (Å²) in [5.41, 5.74) is 0.760. The average molecular weight is 375 g/mol. The van der Waals surface area contributed by atoms with Gasteiger partial charge >= 0.3 is 6.03 Å². The molecule has 3 rings (SSSR count). The fourth-order valence-electron chi connectivity index (χ4n) is 3.81. The highest BCUT2D eigenvalue weighted by atomic mass is 16.5. The molecule has 7 heteroatoms. The van der Waals surface area contributed by atoms with E-state index in [1.165, 1.54) is 0 Å². The number of nitrogens with one attached hydrogen (secondary N) is 1. The van der Waals surface area contributed by atoms with Gasteiger partial charge in [-0.1, -0.05) is 19.1 Å². The third-order valence-corrected chi connectivity index (χ3v) is 5.64. The van der Waals surface area contributed by atoms with Crippen molar-refractivity contribution < 1.29 is 19.1 Å². The summed E-state index contributed by atoms with van der Waals surface area (Å²) in [5, 5.41) is 3.14. The van der Waals surface area contributed by atoms with Gasteiger partial charge < -0.3 is 24.6 Å². The number of benzene rings is 1. The standard InChI is InChI=1S/C20H29N3O4/c1-4-17(15-5-7-16(26-3)8-6-15)21-19(25)23-11-9-20(10-12-23)14-22(2)18(24)13-27-20/h5-8,17H,4,9-14H2,1-3H3,(H,21,25)/t17-/m1/s1. The van der Waals surface area contributed by atoms with Crippen molar-refractivity contribution in [1.82, 2.24) is 15.1 Å². The van der Waals surface area contributed by atoms with Crippen LogP contribution in [0.1, 0.15) is 37.8 Å². The predicted octanol–water partition coefficient (Wildman–Crippen LogP) is 2.18. The summed E-state index contributed by atoms with van der Waals surface area (Å²) in [5.74, 6) is 0.822. The van der Waals surface area contributed by atoms with E-state index < -0.39 is 0 Å². The highest BCUT2D eigenvalue weighted by Crippen LogP contribution is 2.30. The Morgan fingerprint density at radius 3 is 2.52 bits per heavy atom. The van der Waals surface area contributed by atoms with E-state index in [1.54, 1.807) is 12.0 Å². The molecule has 0 aromatic heterocycles. The van der Waals surface area contributed by atoms with Crippen LogP contribution in [0.15, 0.2) is 24.3 Å². The second-order valence-corrected chi connectivity index (χ2v) is 7.39. The number of urea groups is 1. The number of rotatable bonds is 4. The fourth-order valence-corrected chi connectivity index (χ4v) is 3.81. The number of hydrogen-bond acceptors (Lipinski definition) is 4. The van der Waals surface area contributed by atoms with Crippen molar-refractivity contribution in [2.45, 2.75) is 37.8 Å². The zero-order valence-electron chi connectivity index (χ0n) is 16.4. The molecule has 3 amide bonds. The SMILES string of the molecule is CC[C@@H](NC(=O)N1CCC2(CC1)CN(C)C(=O)CO2)c1ccc(OC)cc1. The lowest BCUT2D eigenvalue weighted by Crippen LogP contribution is -2.59. The molecule has 1 aromatic rings. The minimum Gasteiger partial charge on any atom is -0.497 e. The van der Waals surface area contributed by atoms with Crippen LogP contribution in [0.5, 0.6) is 5.75 Å². The van der Waals surface area contributed by atoms with Crippen molar-refractivity contribution in [2.24, 2.45) is 0 Å². The van der Waals surface area contributed by atoms with Gasteiger partial charge in [0.05, 0.1) is 18.8 Å². The first kappa shape index (κ1) is 19.5. The number of piperidine rings is 1. The van der Waals surface area contributed by atoms with Gasteiger partial charge in [0.1, 0.15) is 12.4 Å². The molecular weight excluding hydrogens is 346 g/mol. The normalized spacial score (nSPS) is 20.5. The Hall–Kier alpha value is -2.28. The molecule has 0 aliphatic carbocycles. The molecule has 0 unspecified atom stereocenters. The fraction of sp³-hybridized carbons (Fsp3) is 0.600. The topological polar surface area (TPSA) is 71.1 Å². The van der Waals surface area contributed by atoms with Crippen LogP contribution in [-0.2, 0) is 9.53 Å². The Labute approximate surface area is 160 Å². The van der Waals surface area contributed by atoms with Gasteiger partial charge in [0.2, 0.25) is 5.91 Å². The van der Waals surface area contributed by atoms with Crippen LogP contribution in [0.4, 0.5) is 4.79 Å². The molecule has 2 saturated heterocycles. The number of nitrogens with zero attached hydrogens (tertiary/aromatic N) is 2. The van der Waals surface area contributed by atoms with Gasteiger partial charge in [0.25, 0.3) is 0 Å². The van der Waals surface area contributed by atoms with Crippen molar-refractivity contribution in [1.29, 1.82) is 0 Å². The number of methoxy groups -OCH3 is 1. The van der Waals surface area contributed by atoms with E-state index in [2.05, 4.69) is 12.2 Å². The molecule has 1 aromatic carbocycles. The Kier molecular flexibility index (Phi) is 5.89. The largest absolute Gasteiger partial charge is 0.497 e. The van der Waals surface area contributed by atoms with Crippen LogP contribution in [-0.4, -0.2) is 67.7 Å². The number of carbonyl (C=O) groups is 2. The van der Waals surface area contributed by atoms with Gasteiger partial charge in [0, 0.05) is 26.7 Å². The molecule has 2 fully saturated rings. The molecule has 27 heavy (non-hydrogen) atoms. The molecule has 0 saturated carbocycles. The van der Waals surface area contributed by atoms with E-state index >= 15 is 0 Å². The maximum atomic E-state index is 12.7. The predicted molar refractivity (Wildman–Crippen MR) is 102 cm³/mol. The number of likely N-dealkylation sites (tertiary alicyclic amines) is 1. The minimum absolute atomic E-state index is 0.0195. The van der Waals surface area contributed by atoms with Gasteiger partial charge in [0.15, 0.2) is 0 Å². The average Bonchev–Trinajstić information content (AvgIpc) is 2.70. The summed E-state index contributed by atoms with van der Waals surface area (Å²) >= 11 is 0. The third kappa shape index (κ3) is 4.35. The summed E-state index contributed by atoms with van der Waals surface area (Å²) in [6.07, 6.45) is 2.31. The molecule has 1 N–H and O–H groups in total. The molecule has 0 radical (unpaired) electrons. The zero-order valence-corrected chi connectivity index (χ0v) is 16.4. The molecule has 2 aliphatic heterocycles. The molecule has 1 spiro atoms. The Morgan fingerprint density at radius 1 is 1.30 bits per heavy atom. The number of amides is 3. The zero-order chi connectivity index (χ0) is 19.4. The highest BCUT2D eigenvalue weighted by molar-refractivity contribution is 5.78. The van der Waals surface area contributed by atoms with Crippen LogP contribution in [0.2, 0.25) is 0 Å². The first-order valence-corrected chi connectivity index (χ1v) is 9.53. The van der Waals surface area contributed by atoms with Crippen LogP contribution in [0.25, 0.3) is 0 Å². The maximum Gasteiger partial charge on any atom is 0.317 e. The molecule has 1 atom stereocenters. The van der Waals surface area contributed by atoms with Crippen LogP contribution >= 0.6 is 0 Å².